The van der Waals surface area contributed by atoms with Crippen LogP contribution in [0.2, 0.25) is 0 Å². The van der Waals surface area contributed by atoms with Gasteiger partial charge in [0.2, 0.25) is 5.13 Å². The molecular weight excluding hydrogens is 466 g/mol. The Morgan fingerprint density at radius 2 is 1.97 bits per heavy atom. The van der Waals surface area contributed by atoms with E-state index in [-0.39, 0.29) is 17.4 Å². The molecule has 3 aromatic rings. The first kappa shape index (κ1) is 23.0. The van der Waals surface area contributed by atoms with Crippen molar-refractivity contribution in [1.29, 1.82) is 0 Å². The monoisotopic (exact) mass is 491 g/mol. The maximum absolute atomic E-state index is 13.3. The summed E-state index contributed by atoms with van der Waals surface area (Å²) < 4.78 is 11.4. The molecular formula is C26H25N3O5S. The molecule has 2 aromatic carbocycles. The molecule has 0 unspecified atom stereocenters. The second kappa shape index (κ2) is 9.14. The summed E-state index contributed by atoms with van der Waals surface area (Å²) in [4.78, 5) is 27.8. The maximum atomic E-state index is 13.3. The van der Waals surface area contributed by atoms with Gasteiger partial charge in [0.15, 0.2) is 0 Å². The van der Waals surface area contributed by atoms with Crippen LogP contribution < -0.4 is 14.4 Å². The number of aryl methyl sites for hydroxylation is 1. The van der Waals surface area contributed by atoms with E-state index >= 15 is 0 Å². The minimum atomic E-state index is -0.856. The van der Waals surface area contributed by atoms with Gasteiger partial charge in [-0.15, -0.1) is 10.2 Å². The number of ketones is 1. The van der Waals surface area contributed by atoms with Gasteiger partial charge in [-0.05, 0) is 61.7 Å². The van der Waals surface area contributed by atoms with E-state index in [1.807, 2.05) is 19.9 Å². The molecule has 5 rings (SSSR count). The number of carbonyl (C=O) groups is 2. The topological polar surface area (TPSA) is 102 Å². The normalized spacial score (nSPS) is 20.7. The Morgan fingerprint density at radius 1 is 1.20 bits per heavy atom. The minimum absolute atomic E-state index is 0.0111. The first-order valence-electron chi connectivity index (χ1n) is 11.5. The number of benzene rings is 2. The number of aliphatic hydroxyl groups is 1. The number of aliphatic hydroxyl groups excluding tert-OH is 1. The number of nitrogens with zero attached hydrogens (tertiary/aromatic N) is 3. The Hall–Kier alpha value is -3.72. The number of carbonyl (C=O) groups excluding carboxylic acids is 2. The van der Waals surface area contributed by atoms with Crippen molar-refractivity contribution >= 4 is 33.9 Å². The summed E-state index contributed by atoms with van der Waals surface area (Å²) in [6.45, 7) is 6.36. The number of hydrogen-bond acceptors (Lipinski definition) is 8. The van der Waals surface area contributed by atoms with Crippen LogP contribution in [-0.4, -0.2) is 39.7 Å². The minimum Gasteiger partial charge on any atom is -0.507 e. The lowest BCUT2D eigenvalue weighted by atomic mass is 9.94. The number of aromatic nitrogens is 2. The first-order chi connectivity index (χ1) is 16.9. The summed E-state index contributed by atoms with van der Waals surface area (Å²) in [5, 5.41) is 20.5. The third kappa shape index (κ3) is 4.16. The van der Waals surface area contributed by atoms with Gasteiger partial charge in [-0.1, -0.05) is 30.4 Å². The predicted octanol–water partition coefficient (Wildman–Crippen LogP) is 4.59. The lowest BCUT2D eigenvalue weighted by Gasteiger charge is -2.22. The Morgan fingerprint density at radius 3 is 2.66 bits per heavy atom. The second-order valence-electron chi connectivity index (χ2n) is 8.65. The molecule has 1 saturated heterocycles. The van der Waals surface area contributed by atoms with E-state index in [1.54, 1.807) is 43.3 Å². The van der Waals surface area contributed by atoms with E-state index in [2.05, 4.69) is 10.2 Å². The summed E-state index contributed by atoms with van der Waals surface area (Å²) in [6, 6.07) is 11.6. The summed E-state index contributed by atoms with van der Waals surface area (Å²) in [5.74, 6) is -0.301. The molecule has 8 nitrogen and oxygen atoms in total. The fourth-order valence-corrected chi connectivity index (χ4v) is 5.13. The van der Waals surface area contributed by atoms with Crippen molar-refractivity contribution in [3.05, 3.63) is 69.7 Å². The van der Waals surface area contributed by atoms with E-state index in [0.29, 0.717) is 40.0 Å². The van der Waals surface area contributed by atoms with Crippen molar-refractivity contribution in [2.24, 2.45) is 0 Å². The molecule has 9 heteroatoms. The number of ether oxygens (including phenoxy) is 2. The Kier molecular flexibility index (Phi) is 6.02. The van der Waals surface area contributed by atoms with Crippen LogP contribution in [-0.2, 0) is 16.0 Å². The van der Waals surface area contributed by atoms with Gasteiger partial charge < -0.3 is 14.6 Å². The number of anilines is 1. The Bertz CT molecular complexity index is 1330. The number of rotatable bonds is 6. The zero-order valence-electron chi connectivity index (χ0n) is 19.6. The van der Waals surface area contributed by atoms with Crippen molar-refractivity contribution in [1.82, 2.24) is 10.2 Å². The fourth-order valence-electron chi connectivity index (χ4n) is 4.42. The molecule has 0 aliphatic carbocycles. The zero-order chi connectivity index (χ0) is 24.7. The van der Waals surface area contributed by atoms with Crippen molar-refractivity contribution in [2.45, 2.75) is 45.8 Å². The average molecular weight is 492 g/mol. The highest BCUT2D eigenvalue weighted by Crippen LogP contribution is 2.43. The van der Waals surface area contributed by atoms with Gasteiger partial charge in [0.05, 0.1) is 18.2 Å². The van der Waals surface area contributed by atoms with E-state index in [1.165, 1.54) is 16.2 Å². The van der Waals surface area contributed by atoms with Gasteiger partial charge in [0, 0.05) is 12.0 Å². The largest absolute Gasteiger partial charge is 0.507 e. The van der Waals surface area contributed by atoms with Crippen molar-refractivity contribution in [2.75, 3.05) is 11.5 Å². The van der Waals surface area contributed by atoms with Crippen molar-refractivity contribution in [3.8, 4) is 11.5 Å². The van der Waals surface area contributed by atoms with Crippen LogP contribution in [0.4, 0.5) is 5.13 Å². The van der Waals surface area contributed by atoms with Crippen LogP contribution in [0.15, 0.2) is 48.0 Å². The summed E-state index contributed by atoms with van der Waals surface area (Å²) >= 11 is 1.21. The average Bonchev–Trinajstić information content (AvgIpc) is 3.52. The molecule has 1 aromatic heterocycles. The lowest BCUT2D eigenvalue weighted by molar-refractivity contribution is -0.132. The molecule has 1 amide bonds. The molecule has 0 saturated carbocycles. The highest BCUT2D eigenvalue weighted by atomic mass is 32.1. The highest BCUT2D eigenvalue weighted by Gasteiger charge is 2.48. The molecule has 0 spiro atoms. The maximum Gasteiger partial charge on any atom is 0.301 e. The van der Waals surface area contributed by atoms with E-state index in [9.17, 15) is 14.7 Å². The quantitative estimate of drug-likeness (QED) is 0.306. The van der Waals surface area contributed by atoms with Crippen molar-refractivity contribution < 1.29 is 24.2 Å². The number of Topliss-reactive ketones (excluding diaryl/α,β-unsaturated/α-hetero) is 1. The van der Waals surface area contributed by atoms with Gasteiger partial charge in [-0.25, -0.2) is 0 Å². The smallest absolute Gasteiger partial charge is 0.301 e. The molecule has 180 valence electrons. The molecule has 2 atom stereocenters. The van der Waals surface area contributed by atoms with Gasteiger partial charge in [0.1, 0.15) is 28.4 Å². The van der Waals surface area contributed by atoms with Crippen LogP contribution in [0.1, 0.15) is 48.0 Å². The lowest BCUT2D eigenvalue weighted by Crippen LogP contribution is -2.29. The number of amides is 1. The summed E-state index contributed by atoms with van der Waals surface area (Å²) in [6.07, 6.45) is 1.63. The van der Waals surface area contributed by atoms with E-state index in [4.69, 9.17) is 9.47 Å². The molecule has 3 heterocycles. The molecule has 2 aliphatic rings. The first-order valence-corrected chi connectivity index (χ1v) is 12.3. The zero-order valence-corrected chi connectivity index (χ0v) is 20.5. The van der Waals surface area contributed by atoms with Crippen LogP contribution in [0.3, 0.4) is 0 Å². The SMILES string of the molecule is CCCOc1ccc([C@@H]2C(=C(O)c3ccc4c(c3)C[C@H](C)O4)C(=O)C(=O)N2c2nnc(C)s2)cc1. The molecule has 35 heavy (non-hydrogen) atoms. The number of hydrogen-bond donors (Lipinski definition) is 1. The third-order valence-electron chi connectivity index (χ3n) is 6.00. The van der Waals surface area contributed by atoms with Crippen molar-refractivity contribution in [3.63, 3.8) is 0 Å². The van der Waals surface area contributed by atoms with Crippen LogP contribution in [0.25, 0.3) is 5.76 Å². The molecule has 2 aliphatic heterocycles. The van der Waals surface area contributed by atoms with Gasteiger partial charge >= 0.3 is 5.91 Å². The van der Waals surface area contributed by atoms with E-state index in [0.717, 1.165) is 17.7 Å². The standard InChI is InChI=1S/C26H25N3O5S/c1-4-11-33-19-8-5-16(6-9-19)22-21(24(31)25(32)29(22)26-28-27-15(3)35-26)23(30)17-7-10-20-18(13-17)12-14(2)34-20/h5-10,13-14,22,30H,4,11-12H2,1-3H3/t14-,22+/m0/s1. The summed E-state index contributed by atoms with van der Waals surface area (Å²) in [5.41, 5.74) is 2.07. The van der Waals surface area contributed by atoms with Crippen LogP contribution >= 0.6 is 11.3 Å². The number of fused-ring (bicyclic) bond motifs is 1. The molecule has 1 fully saturated rings. The van der Waals surface area contributed by atoms with Gasteiger partial charge in [-0.2, -0.15) is 0 Å². The second-order valence-corrected chi connectivity index (χ2v) is 9.81. The Labute approximate surface area is 206 Å². The van der Waals surface area contributed by atoms with Gasteiger partial charge in [0.25, 0.3) is 5.78 Å². The summed E-state index contributed by atoms with van der Waals surface area (Å²) in [7, 11) is 0. The molecule has 0 radical (unpaired) electrons. The van der Waals surface area contributed by atoms with Gasteiger partial charge in [-0.3, -0.25) is 14.5 Å². The van der Waals surface area contributed by atoms with E-state index < -0.39 is 17.7 Å². The third-order valence-corrected chi connectivity index (χ3v) is 6.84. The highest BCUT2D eigenvalue weighted by molar-refractivity contribution is 7.15. The Balaban J connectivity index is 1.62. The predicted molar refractivity (Wildman–Crippen MR) is 132 cm³/mol. The van der Waals surface area contributed by atoms with Crippen LogP contribution in [0.5, 0.6) is 11.5 Å². The van der Waals surface area contributed by atoms with Crippen LogP contribution in [0, 0.1) is 6.92 Å². The fraction of sp³-hybridized carbons (Fsp3) is 0.308. The molecule has 1 N–H and O–H groups in total. The molecule has 0 bridgehead atoms.